The molecule has 0 saturated carbocycles. The number of benzene rings is 1. The van der Waals surface area contributed by atoms with E-state index < -0.39 is 15.8 Å². The third-order valence-corrected chi connectivity index (χ3v) is 5.62. The molecule has 20 heavy (non-hydrogen) atoms. The third-order valence-electron chi connectivity index (χ3n) is 3.11. The summed E-state index contributed by atoms with van der Waals surface area (Å²) < 4.78 is 22.6. The van der Waals surface area contributed by atoms with E-state index >= 15 is 0 Å². The molecule has 108 valence electrons. The Labute approximate surface area is 122 Å². The van der Waals surface area contributed by atoms with E-state index in [0.717, 1.165) is 10.5 Å². The van der Waals surface area contributed by atoms with E-state index in [4.69, 9.17) is 0 Å². The normalized spacial score (nSPS) is 21.1. The van der Waals surface area contributed by atoms with E-state index in [0.29, 0.717) is 6.42 Å². The van der Waals surface area contributed by atoms with Crippen LogP contribution in [0.4, 0.5) is 0 Å². The smallest absolute Gasteiger partial charge is 0.244 e. The van der Waals surface area contributed by atoms with Crippen molar-refractivity contribution in [2.24, 2.45) is 11.0 Å². The first-order valence-corrected chi connectivity index (χ1v) is 9.22. The molecule has 7 heteroatoms. The SMILES string of the molecule is CSc1ccc(/C=N\NC(=O)[C@@H]2CCS(=O)(=O)C2)cc1. The first kappa shape index (κ1) is 15.1. The lowest BCUT2D eigenvalue weighted by atomic mass is 10.1. The summed E-state index contributed by atoms with van der Waals surface area (Å²) in [6.45, 7) is 0. The third kappa shape index (κ3) is 4.08. The molecular formula is C13H16N2O3S2. The van der Waals surface area contributed by atoms with Gasteiger partial charge in [-0.05, 0) is 30.4 Å². The Morgan fingerprint density at radius 1 is 1.40 bits per heavy atom. The number of carbonyl (C=O) groups is 1. The van der Waals surface area contributed by atoms with E-state index in [1.165, 1.54) is 0 Å². The predicted molar refractivity (Wildman–Crippen MR) is 80.7 cm³/mol. The summed E-state index contributed by atoms with van der Waals surface area (Å²) in [5.74, 6) is -0.791. The van der Waals surface area contributed by atoms with Crippen LogP contribution in [0.15, 0.2) is 34.3 Å². The standard InChI is InChI=1S/C13H16N2O3S2/c1-19-12-4-2-10(3-5-12)8-14-15-13(16)11-6-7-20(17,18)9-11/h2-5,8,11H,6-7,9H2,1H3,(H,15,16)/b14-8-/t11-/m1/s1. The van der Waals surface area contributed by atoms with E-state index in [-0.39, 0.29) is 17.4 Å². The molecule has 1 aliphatic heterocycles. The number of hydrazone groups is 1. The van der Waals surface area contributed by atoms with E-state index in [2.05, 4.69) is 10.5 Å². The first-order valence-electron chi connectivity index (χ1n) is 6.17. The molecule has 0 spiro atoms. The highest BCUT2D eigenvalue weighted by molar-refractivity contribution is 7.98. The summed E-state index contributed by atoms with van der Waals surface area (Å²) in [4.78, 5) is 12.9. The zero-order valence-corrected chi connectivity index (χ0v) is 12.7. The Bertz CT molecular complexity index is 609. The summed E-state index contributed by atoms with van der Waals surface area (Å²) in [6.07, 6.45) is 3.93. The van der Waals surface area contributed by atoms with Crippen molar-refractivity contribution in [1.82, 2.24) is 5.43 Å². The van der Waals surface area contributed by atoms with Gasteiger partial charge in [-0.15, -0.1) is 11.8 Å². The number of amides is 1. The summed E-state index contributed by atoms with van der Waals surface area (Å²) in [5, 5.41) is 3.86. The average Bonchev–Trinajstić information content (AvgIpc) is 2.80. The Morgan fingerprint density at radius 3 is 2.65 bits per heavy atom. The summed E-state index contributed by atoms with van der Waals surface area (Å²) in [6, 6.07) is 7.75. The fraction of sp³-hybridized carbons (Fsp3) is 0.385. The monoisotopic (exact) mass is 312 g/mol. The number of sulfone groups is 1. The van der Waals surface area contributed by atoms with Gasteiger partial charge in [-0.2, -0.15) is 5.10 Å². The Morgan fingerprint density at radius 2 is 2.10 bits per heavy atom. The number of nitrogens with one attached hydrogen (secondary N) is 1. The summed E-state index contributed by atoms with van der Waals surface area (Å²) >= 11 is 1.65. The topological polar surface area (TPSA) is 75.6 Å². The van der Waals surface area contributed by atoms with Crippen molar-refractivity contribution in [3.05, 3.63) is 29.8 Å². The minimum absolute atomic E-state index is 0.0726. The minimum atomic E-state index is -3.04. The van der Waals surface area contributed by atoms with Crippen LogP contribution in [-0.2, 0) is 14.6 Å². The fourth-order valence-corrected chi connectivity index (χ4v) is 4.10. The van der Waals surface area contributed by atoms with Crippen molar-refractivity contribution in [1.29, 1.82) is 0 Å². The van der Waals surface area contributed by atoms with Gasteiger partial charge in [-0.1, -0.05) is 12.1 Å². The quantitative estimate of drug-likeness (QED) is 0.516. The van der Waals surface area contributed by atoms with Crippen molar-refractivity contribution in [3.8, 4) is 0 Å². The van der Waals surface area contributed by atoms with Crippen LogP contribution >= 0.6 is 11.8 Å². The number of rotatable bonds is 4. The molecule has 1 aromatic carbocycles. The number of carbonyl (C=O) groups excluding carboxylic acids is 1. The van der Waals surface area contributed by atoms with Crippen LogP contribution in [0, 0.1) is 5.92 Å². The maximum absolute atomic E-state index is 11.7. The van der Waals surface area contributed by atoms with Crippen LogP contribution in [0.1, 0.15) is 12.0 Å². The number of hydrogen-bond donors (Lipinski definition) is 1. The summed E-state index contributed by atoms with van der Waals surface area (Å²) in [7, 11) is -3.04. The Balaban J connectivity index is 1.88. The molecular weight excluding hydrogens is 296 g/mol. The van der Waals surface area contributed by atoms with Crippen LogP contribution in [0.25, 0.3) is 0 Å². The predicted octanol–water partition coefficient (Wildman–Crippen LogP) is 1.29. The van der Waals surface area contributed by atoms with Crippen LogP contribution in [-0.4, -0.2) is 38.3 Å². The zero-order valence-electron chi connectivity index (χ0n) is 11.1. The second-order valence-electron chi connectivity index (χ2n) is 4.61. The zero-order chi connectivity index (χ0) is 14.6. The van der Waals surface area contributed by atoms with Crippen LogP contribution in [0.5, 0.6) is 0 Å². The van der Waals surface area contributed by atoms with Gasteiger partial charge in [0.25, 0.3) is 0 Å². The molecule has 1 fully saturated rings. The molecule has 1 saturated heterocycles. The van der Waals surface area contributed by atoms with Gasteiger partial charge in [0, 0.05) is 4.90 Å². The highest BCUT2D eigenvalue weighted by atomic mass is 32.2. The lowest BCUT2D eigenvalue weighted by Gasteiger charge is -2.04. The van der Waals surface area contributed by atoms with Crippen molar-refractivity contribution >= 4 is 33.7 Å². The molecule has 1 aliphatic rings. The lowest BCUT2D eigenvalue weighted by molar-refractivity contribution is -0.124. The Hall–Kier alpha value is -1.34. The van der Waals surface area contributed by atoms with Gasteiger partial charge in [0.2, 0.25) is 5.91 Å². The van der Waals surface area contributed by atoms with Gasteiger partial charge >= 0.3 is 0 Å². The highest BCUT2D eigenvalue weighted by Gasteiger charge is 2.32. The van der Waals surface area contributed by atoms with Gasteiger partial charge in [0.1, 0.15) is 0 Å². The number of nitrogens with zero attached hydrogens (tertiary/aromatic N) is 1. The number of thioether (sulfide) groups is 1. The largest absolute Gasteiger partial charge is 0.273 e. The second-order valence-corrected chi connectivity index (χ2v) is 7.72. The molecule has 0 aliphatic carbocycles. The molecule has 0 bridgehead atoms. The molecule has 1 amide bonds. The molecule has 0 aromatic heterocycles. The van der Waals surface area contributed by atoms with Crippen LogP contribution < -0.4 is 5.43 Å². The molecule has 1 heterocycles. The average molecular weight is 312 g/mol. The summed E-state index contributed by atoms with van der Waals surface area (Å²) in [5.41, 5.74) is 3.28. The van der Waals surface area contributed by atoms with Gasteiger partial charge in [0.05, 0.1) is 23.6 Å². The molecule has 1 atom stereocenters. The van der Waals surface area contributed by atoms with Gasteiger partial charge in [-0.25, -0.2) is 13.8 Å². The number of hydrogen-bond acceptors (Lipinski definition) is 5. The van der Waals surface area contributed by atoms with Crippen molar-refractivity contribution < 1.29 is 13.2 Å². The molecule has 0 unspecified atom stereocenters. The highest BCUT2D eigenvalue weighted by Crippen LogP contribution is 2.18. The Kier molecular flexibility index (Phi) is 4.82. The van der Waals surface area contributed by atoms with Crippen molar-refractivity contribution in [3.63, 3.8) is 0 Å². The lowest BCUT2D eigenvalue weighted by Crippen LogP contribution is -2.27. The van der Waals surface area contributed by atoms with Crippen molar-refractivity contribution in [2.75, 3.05) is 17.8 Å². The van der Waals surface area contributed by atoms with Crippen molar-refractivity contribution in [2.45, 2.75) is 11.3 Å². The maximum Gasteiger partial charge on any atom is 0.244 e. The van der Waals surface area contributed by atoms with Gasteiger partial charge in [0.15, 0.2) is 9.84 Å². The van der Waals surface area contributed by atoms with Crippen LogP contribution in [0.3, 0.4) is 0 Å². The van der Waals surface area contributed by atoms with E-state index in [1.54, 1.807) is 18.0 Å². The first-order chi connectivity index (χ1) is 9.50. The molecule has 0 radical (unpaired) electrons. The van der Waals surface area contributed by atoms with Gasteiger partial charge < -0.3 is 0 Å². The van der Waals surface area contributed by atoms with Crippen LogP contribution in [0.2, 0.25) is 0 Å². The fourth-order valence-electron chi connectivity index (χ4n) is 1.95. The molecule has 2 rings (SSSR count). The molecule has 5 nitrogen and oxygen atoms in total. The van der Waals surface area contributed by atoms with Gasteiger partial charge in [-0.3, -0.25) is 4.79 Å². The second kappa shape index (κ2) is 6.41. The molecule has 1 aromatic rings. The molecule has 1 N–H and O–H groups in total. The van der Waals surface area contributed by atoms with E-state index in [9.17, 15) is 13.2 Å². The maximum atomic E-state index is 11.7. The minimum Gasteiger partial charge on any atom is -0.273 e. The van der Waals surface area contributed by atoms with E-state index in [1.807, 2.05) is 30.5 Å².